The summed E-state index contributed by atoms with van der Waals surface area (Å²) in [5.41, 5.74) is -0.417. The number of hydrogen-bond acceptors (Lipinski definition) is 7. The number of likely N-dealkylation sites (N-methyl/N-ethyl adjacent to an activating group) is 1. The van der Waals surface area contributed by atoms with Crippen molar-refractivity contribution in [2.24, 2.45) is 0 Å². The number of aromatic nitrogens is 2. The largest absolute Gasteiger partial charge is 0.388 e. The van der Waals surface area contributed by atoms with Crippen molar-refractivity contribution < 1.29 is 14.6 Å². The van der Waals surface area contributed by atoms with Gasteiger partial charge < -0.3 is 24.5 Å². The molecule has 0 atom stereocenters. The minimum Gasteiger partial charge on any atom is -0.388 e. The molecule has 0 radical (unpaired) electrons. The highest BCUT2D eigenvalue weighted by Gasteiger charge is 2.47. The SMILES string of the molecule is C=C/C=C(\C=C)CCC(=O)N1CCC(O)(Cn2cnc(N3CC4(CN(C)CCO4)C3)cc2=O)CC1. The Bertz CT molecular complexity index is 1030. The van der Waals surface area contributed by atoms with Gasteiger partial charge in [-0.25, -0.2) is 4.98 Å². The maximum absolute atomic E-state index is 12.8. The molecule has 1 N–H and O–H groups in total. The number of likely N-dealkylation sites (tertiary alicyclic amines) is 1. The van der Waals surface area contributed by atoms with Gasteiger partial charge in [0.1, 0.15) is 11.4 Å². The van der Waals surface area contributed by atoms with Crippen LogP contribution in [0.5, 0.6) is 0 Å². The molecule has 0 aromatic carbocycles. The summed E-state index contributed by atoms with van der Waals surface area (Å²) < 4.78 is 7.46. The predicted molar refractivity (Wildman–Crippen MR) is 135 cm³/mol. The molecule has 1 aromatic rings. The van der Waals surface area contributed by atoms with E-state index in [2.05, 4.69) is 35.0 Å². The molecule has 3 fully saturated rings. The number of rotatable bonds is 8. The van der Waals surface area contributed by atoms with E-state index >= 15 is 0 Å². The third kappa shape index (κ3) is 5.91. The molecule has 1 amide bonds. The fourth-order valence-corrected chi connectivity index (χ4v) is 5.21. The van der Waals surface area contributed by atoms with Crippen molar-refractivity contribution in [3.05, 3.63) is 59.7 Å². The number of anilines is 1. The third-order valence-corrected chi connectivity index (χ3v) is 7.32. The third-order valence-electron chi connectivity index (χ3n) is 7.32. The molecule has 190 valence electrons. The molecular weight excluding hydrogens is 446 g/mol. The Hall–Kier alpha value is -2.75. The lowest BCUT2D eigenvalue weighted by Crippen LogP contribution is -2.70. The van der Waals surface area contributed by atoms with Gasteiger partial charge in [-0.2, -0.15) is 0 Å². The zero-order valence-electron chi connectivity index (χ0n) is 20.7. The molecular formula is C26H37N5O4. The molecule has 3 saturated heterocycles. The zero-order valence-corrected chi connectivity index (χ0v) is 20.7. The number of amides is 1. The summed E-state index contributed by atoms with van der Waals surface area (Å²) in [5, 5.41) is 11.1. The number of allylic oxidation sites excluding steroid dienone is 4. The predicted octanol–water partition coefficient (Wildman–Crippen LogP) is 1.20. The quantitative estimate of drug-likeness (QED) is 0.556. The number of ether oxygens (including phenoxy) is 1. The molecule has 0 unspecified atom stereocenters. The monoisotopic (exact) mass is 483 g/mol. The maximum atomic E-state index is 12.8. The smallest absolute Gasteiger partial charge is 0.255 e. The molecule has 35 heavy (non-hydrogen) atoms. The second-order valence-electron chi connectivity index (χ2n) is 10.1. The summed E-state index contributed by atoms with van der Waals surface area (Å²) in [6.45, 7) is 12.5. The molecule has 9 nitrogen and oxygen atoms in total. The highest BCUT2D eigenvalue weighted by atomic mass is 16.5. The normalized spacial score (nSPS) is 22.1. The fourth-order valence-electron chi connectivity index (χ4n) is 5.21. The lowest BCUT2D eigenvalue weighted by molar-refractivity contribution is -0.135. The zero-order chi connectivity index (χ0) is 25.1. The van der Waals surface area contributed by atoms with E-state index in [-0.39, 0.29) is 23.6 Å². The van der Waals surface area contributed by atoms with Crippen LogP contribution in [0.1, 0.15) is 25.7 Å². The molecule has 4 rings (SSSR count). The van der Waals surface area contributed by atoms with Crippen molar-refractivity contribution in [1.29, 1.82) is 0 Å². The van der Waals surface area contributed by atoms with Gasteiger partial charge in [-0.3, -0.25) is 14.2 Å². The summed E-state index contributed by atoms with van der Waals surface area (Å²) in [5.74, 6) is 0.706. The van der Waals surface area contributed by atoms with Gasteiger partial charge in [0, 0.05) is 38.7 Å². The first-order valence-electron chi connectivity index (χ1n) is 12.3. The summed E-state index contributed by atoms with van der Waals surface area (Å²) in [7, 11) is 2.10. The van der Waals surface area contributed by atoms with Crippen molar-refractivity contribution in [3.63, 3.8) is 0 Å². The Balaban J connectivity index is 1.28. The number of carbonyl (C=O) groups is 1. The number of piperidine rings is 1. The van der Waals surface area contributed by atoms with Crippen LogP contribution in [0, 0.1) is 0 Å². The van der Waals surface area contributed by atoms with Crippen LogP contribution in [0.3, 0.4) is 0 Å². The Morgan fingerprint density at radius 1 is 1.20 bits per heavy atom. The molecule has 4 heterocycles. The van der Waals surface area contributed by atoms with E-state index in [0.29, 0.717) is 44.6 Å². The van der Waals surface area contributed by atoms with Crippen molar-refractivity contribution in [2.45, 2.75) is 43.4 Å². The molecule has 0 aliphatic carbocycles. The second kappa shape index (κ2) is 10.5. The molecule has 0 saturated carbocycles. The molecule has 1 spiro atoms. The number of carbonyl (C=O) groups excluding carboxylic acids is 1. The van der Waals surface area contributed by atoms with Crippen LogP contribution in [0.2, 0.25) is 0 Å². The number of aliphatic hydroxyl groups is 1. The molecule has 0 bridgehead atoms. The van der Waals surface area contributed by atoms with Gasteiger partial charge in [-0.1, -0.05) is 31.4 Å². The fraction of sp³-hybridized carbons (Fsp3) is 0.577. The first-order valence-corrected chi connectivity index (χ1v) is 12.3. The van der Waals surface area contributed by atoms with Gasteiger partial charge in [0.15, 0.2) is 0 Å². The van der Waals surface area contributed by atoms with Crippen molar-refractivity contribution in [2.75, 3.05) is 57.8 Å². The summed E-state index contributed by atoms with van der Waals surface area (Å²) >= 11 is 0. The molecule has 1 aromatic heterocycles. The van der Waals surface area contributed by atoms with Crippen LogP contribution >= 0.6 is 0 Å². The summed E-state index contributed by atoms with van der Waals surface area (Å²) in [6.07, 6.45) is 8.66. The van der Waals surface area contributed by atoms with E-state index in [9.17, 15) is 14.7 Å². The summed E-state index contributed by atoms with van der Waals surface area (Å²) in [4.78, 5) is 36.0. The highest BCUT2D eigenvalue weighted by Crippen LogP contribution is 2.31. The van der Waals surface area contributed by atoms with Crippen LogP contribution in [0.25, 0.3) is 0 Å². The van der Waals surface area contributed by atoms with Gasteiger partial charge in [0.25, 0.3) is 5.56 Å². The highest BCUT2D eigenvalue weighted by molar-refractivity contribution is 5.76. The maximum Gasteiger partial charge on any atom is 0.255 e. The lowest BCUT2D eigenvalue weighted by atomic mass is 9.91. The first-order chi connectivity index (χ1) is 16.7. The van der Waals surface area contributed by atoms with Crippen LogP contribution in [0.4, 0.5) is 5.82 Å². The summed E-state index contributed by atoms with van der Waals surface area (Å²) in [6, 6.07) is 1.54. The average molecular weight is 484 g/mol. The van der Waals surface area contributed by atoms with Crippen LogP contribution in [-0.4, -0.2) is 94.5 Å². The average Bonchev–Trinajstić information content (AvgIpc) is 2.81. The van der Waals surface area contributed by atoms with Gasteiger partial charge in [-0.05, 0) is 31.9 Å². The Kier molecular flexibility index (Phi) is 7.59. The van der Waals surface area contributed by atoms with E-state index < -0.39 is 5.60 Å². The van der Waals surface area contributed by atoms with Crippen LogP contribution in [-0.2, 0) is 16.1 Å². The number of hydrogen-bond donors (Lipinski definition) is 1. The first kappa shape index (κ1) is 25.3. The minimum atomic E-state index is -1.04. The van der Waals surface area contributed by atoms with Crippen LogP contribution < -0.4 is 10.5 Å². The van der Waals surface area contributed by atoms with Crippen molar-refractivity contribution in [1.82, 2.24) is 19.4 Å². The van der Waals surface area contributed by atoms with Gasteiger partial charge in [0.2, 0.25) is 5.91 Å². The lowest BCUT2D eigenvalue weighted by Gasteiger charge is -2.53. The van der Waals surface area contributed by atoms with Crippen molar-refractivity contribution in [3.8, 4) is 0 Å². The minimum absolute atomic E-state index is 0.0625. The van der Waals surface area contributed by atoms with E-state index in [0.717, 1.165) is 38.4 Å². The van der Waals surface area contributed by atoms with Crippen molar-refractivity contribution >= 4 is 11.7 Å². The number of nitrogens with zero attached hydrogens (tertiary/aromatic N) is 5. The van der Waals surface area contributed by atoms with Gasteiger partial charge >= 0.3 is 0 Å². The Morgan fingerprint density at radius 2 is 1.94 bits per heavy atom. The van der Waals surface area contributed by atoms with Gasteiger partial charge in [0.05, 0.1) is 38.2 Å². The second-order valence-corrected chi connectivity index (χ2v) is 10.1. The Labute approximate surface area is 207 Å². The number of morpholine rings is 1. The van der Waals surface area contributed by atoms with E-state index in [4.69, 9.17) is 4.74 Å². The van der Waals surface area contributed by atoms with E-state index in [1.54, 1.807) is 17.1 Å². The topological polar surface area (TPSA) is 91.1 Å². The molecule has 9 heteroatoms. The standard InChI is InChI=1S/C26H37N5O4/c1-4-6-21(5-2)7-8-23(32)29-11-9-25(34,10-12-29)16-31-20-27-22(15-24(31)33)30-18-26(19-30)17-28(3)13-14-35-26/h4-6,15,20,34H,1-2,7-14,16-19H2,3H3/b21-6+. The van der Waals surface area contributed by atoms with E-state index in [1.165, 1.54) is 17.0 Å². The molecule has 3 aliphatic rings. The van der Waals surface area contributed by atoms with Crippen LogP contribution in [0.15, 0.2) is 54.1 Å². The Morgan fingerprint density at radius 3 is 2.57 bits per heavy atom. The van der Waals surface area contributed by atoms with Gasteiger partial charge in [-0.15, -0.1) is 0 Å². The van der Waals surface area contributed by atoms with E-state index in [1.807, 2.05) is 6.08 Å². The molecule has 3 aliphatic heterocycles.